The highest BCUT2D eigenvalue weighted by Crippen LogP contribution is 2.39. The van der Waals surface area contributed by atoms with E-state index in [0.29, 0.717) is 4.21 Å². The normalized spacial score (nSPS) is 34.1. The second-order valence-corrected chi connectivity index (χ2v) is 7.90. The highest BCUT2D eigenvalue weighted by Gasteiger charge is 2.46. The van der Waals surface area contributed by atoms with Crippen molar-refractivity contribution in [3.8, 4) is 0 Å². The Bertz CT molecular complexity index is 484. The Morgan fingerprint density at radius 1 is 1.29 bits per heavy atom. The Morgan fingerprint density at radius 3 is 2.47 bits per heavy atom. The monoisotopic (exact) mass is 272 g/mol. The molecular weight excluding hydrogens is 256 g/mol. The van der Waals surface area contributed by atoms with Crippen molar-refractivity contribution in [3.63, 3.8) is 0 Å². The van der Waals surface area contributed by atoms with Gasteiger partial charge >= 0.3 is 0 Å². The summed E-state index contributed by atoms with van der Waals surface area (Å²) in [7, 11) is -3.28. The van der Waals surface area contributed by atoms with Gasteiger partial charge in [-0.1, -0.05) is 6.07 Å². The average Bonchev–Trinajstić information content (AvgIpc) is 2.86. The van der Waals surface area contributed by atoms with Crippen molar-refractivity contribution >= 4 is 21.4 Å². The van der Waals surface area contributed by atoms with Crippen LogP contribution in [0.25, 0.3) is 0 Å². The molecule has 2 saturated heterocycles. The topological polar surface area (TPSA) is 63.4 Å². The summed E-state index contributed by atoms with van der Waals surface area (Å²) in [6, 6.07) is 3.89. The fourth-order valence-corrected chi connectivity index (χ4v) is 6.07. The van der Waals surface area contributed by atoms with Crippen molar-refractivity contribution in [1.82, 2.24) is 4.31 Å². The molecule has 17 heavy (non-hydrogen) atoms. The molecule has 0 aromatic carbocycles. The molecule has 2 bridgehead atoms. The van der Waals surface area contributed by atoms with Crippen LogP contribution in [-0.2, 0) is 10.0 Å². The zero-order chi connectivity index (χ0) is 12.0. The van der Waals surface area contributed by atoms with Gasteiger partial charge in [0, 0.05) is 18.1 Å². The van der Waals surface area contributed by atoms with Crippen LogP contribution < -0.4 is 5.73 Å². The lowest BCUT2D eigenvalue weighted by molar-refractivity contribution is 0.227. The Labute approximate surface area is 105 Å². The number of hydrogen-bond donors (Lipinski definition) is 1. The summed E-state index contributed by atoms with van der Waals surface area (Å²) in [6.45, 7) is 0. The first-order valence-electron chi connectivity index (χ1n) is 5.91. The van der Waals surface area contributed by atoms with Crippen LogP contribution in [0.5, 0.6) is 0 Å². The maximum atomic E-state index is 12.5. The van der Waals surface area contributed by atoms with Crippen molar-refractivity contribution in [2.24, 2.45) is 5.73 Å². The van der Waals surface area contributed by atoms with E-state index in [1.807, 2.05) is 5.38 Å². The number of rotatable bonds is 2. The number of piperidine rings is 1. The molecule has 0 spiro atoms. The summed E-state index contributed by atoms with van der Waals surface area (Å²) in [5.74, 6) is 0. The van der Waals surface area contributed by atoms with Gasteiger partial charge in [-0.25, -0.2) is 8.42 Å². The third-order valence-corrected chi connectivity index (χ3v) is 7.11. The van der Waals surface area contributed by atoms with Crippen molar-refractivity contribution in [2.45, 2.75) is 48.0 Å². The van der Waals surface area contributed by atoms with Gasteiger partial charge in [-0.2, -0.15) is 4.31 Å². The van der Waals surface area contributed by atoms with E-state index >= 15 is 0 Å². The Kier molecular flexibility index (Phi) is 2.77. The van der Waals surface area contributed by atoms with Gasteiger partial charge in [0.25, 0.3) is 10.0 Å². The summed E-state index contributed by atoms with van der Waals surface area (Å²) in [5.41, 5.74) is 5.96. The molecule has 1 aromatic rings. The first kappa shape index (κ1) is 11.6. The fraction of sp³-hybridized carbons (Fsp3) is 0.636. The Morgan fingerprint density at radius 2 is 1.94 bits per heavy atom. The Balaban J connectivity index is 1.96. The van der Waals surface area contributed by atoms with Crippen LogP contribution in [0.15, 0.2) is 21.7 Å². The summed E-state index contributed by atoms with van der Waals surface area (Å²) in [4.78, 5) is 0. The molecule has 2 atom stereocenters. The molecule has 4 nitrogen and oxygen atoms in total. The molecule has 1 aromatic heterocycles. The van der Waals surface area contributed by atoms with Crippen molar-refractivity contribution < 1.29 is 8.42 Å². The molecular formula is C11H16N2O2S2. The van der Waals surface area contributed by atoms with Crippen molar-refractivity contribution in [3.05, 3.63) is 17.5 Å². The Hall–Kier alpha value is -0.430. The van der Waals surface area contributed by atoms with E-state index in [9.17, 15) is 8.42 Å². The van der Waals surface area contributed by atoms with Crippen LogP contribution in [0.3, 0.4) is 0 Å². The number of nitrogens with zero attached hydrogens (tertiary/aromatic N) is 1. The maximum Gasteiger partial charge on any atom is 0.253 e. The lowest BCUT2D eigenvalue weighted by atomic mass is 10.0. The number of thiophene rings is 1. The third kappa shape index (κ3) is 1.83. The molecule has 2 unspecified atom stereocenters. The summed E-state index contributed by atoms with van der Waals surface area (Å²) >= 11 is 1.30. The summed E-state index contributed by atoms with van der Waals surface area (Å²) < 4.78 is 27.2. The highest BCUT2D eigenvalue weighted by molar-refractivity contribution is 7.91. The highest BCUT2D eigenvalue weighted by atomic mass is 32.2. The molecule has 2 aliphatic rings. The molecule has 2 aliphatic heterocycles. The zero-order valence-electron chi connectivity index (χ0n) is 9.45. The fourth-order valence-electron chi connectivity index (χ4n) is 3.08. The van der Waals surface area contributed by atoms with Crippen molar-refractivity contribution in [1.29, 1.82) is 0 Å². The first-order valence-corrected chi connectivity index (χ1v) is 8.23. The van der Waals surface area contributed by atoms with Gasteiger partial charge in [-0.05, 0) is 37.1 Å². The van der Waals surface area contributed by atoms with E-state index in [1.54, 1.807) is 16.4 Å². The van der Waals surface area contributed by atoms with E-state index in [1.165, 1.54) is 11.3 Å². The molecule has 2 fully saturated rings. The van der Waals surface area contributed by atoms with E-state index in [-0.39, 0.29) is 18.1 Å². The predicted molar refractivity (Wildman–Crippen MR) is 67.4 cm³/mol. The standard InChI is InChI=1S/C11H16N2O2S2/c12-8-6-9-3-4-10(7-8)13(9)17(14,15)11-2-1-5-16-11/h1-2,5,8-10H,3-4,6-7,12H2. The van der Waals surface area contributed by atoms with Gasteiger partial charge in [0.1, 0.15) is 4.21 Å². The van der Waals surface area contributed by atoms with E-state index < -0.39 is 10.0 Å². The molecule has 3 heterocycles. The average molecular weight is 272 g/mol. The van der Waals surface area contributed by atoms with Gasteiger partial charge < -0.3 is 5.73 Å². The SMILES string of the molecule is NC1CC2CCC(C1)N2S(=O)(=O)c1cccs1. The van der Waals surface area contributed by atoms with Crippen LogP contribution >= 0.6 is 11.3 Å². The molecule has 0 amide bonds. The lowest BCUT2D eigenvalue weighted by Crippen LogP contribution is -2.49. The number of sulfonamides is 1. The quantitative estimate of drug-likeness (QED) is 0.885. The summed E-state index contributed by atoms with van der Waals surface area (Å²) in [5, 5.41) is 1.81. The molecule has 2 N–H and O–H groups in total. The second-order valence-electron chi connectivity index (χ2n) is 4.88. The van der Waals surface area contributed by atoms with Crippen LogP contribution in [0.1, 0.15) is 25.7 Å². The van der Waals surface area contributed by atoms with E-state index in [2.05, 4.69) is 0 Å². The number of nitrogens with two attached hydrogens (primary N) is 1. The smallest absolute Gasteiger partial charge is 0.253 e. The van der Waals surface area contributed by atoms with Crippen LogP contribution in [0.2, 0.25) is 0 Å². The minimum Gasteiger partial charge on any atom is -0.328 e. The second kappa shape index (κ2) is 4.05. The van der Waals surface area contributed by atoms with Gasteiger partial charge in [0.05, 0.1) is 0 Å². The first-order chi connectivity index (χ1) is 8.09. The number of hydrogen-bond acceptors (Lipinski definition) is 4. The minimum atomic E-state index is -3.28. The van der Waals surface area contributed by atoms with Gasteiger partial charge in [-0.3, -0.25) is 0 Å². The van der Waals surface area contributed by atoms with E-state index in [0.717, 1.165) is 25.7 Å². The summed E-state index contributed by atoms with van der Waals surface area (Å²) in [6.07, 6.45) is 3.54. The van der Waals surface area contributed by atoms with Crippen LogP contribution in [-0.4, -0.2) is 30.8 Å². The van der Waals surface area contributed by atoms with Gasteiger partial charge in [-0.15, -0.1) is 11.3 Å². The lowest BCUT2D eigenvalue weighted by Gasteiger charge is -2.36. The molecule has 0 radical (unpaired) electrons. The zero-order valence-corrected chi connectivity index (χ0v) is 11.1. The molecule has 94 valence electrons. The largest absolute Gasteiger partial charge is 0.328 e. The predicted octanol–water partition coefficient (Wildman–Crippen LogP) is 1.39. The number of fused-ring (bicyclic) bond motifs is 2. The van der Waals surface area contributed by atoms with Gasteiger partial charge in [0.2, 0.25) is 0 Å². The van der Waals surface area contributed by atoms with Crippen LogP contribution in [0, 0.1) is 0 Å². The molecule has 0 saturated carbocycles. The van der Waals surface area contributed by atoms with Crippen molar-refractivity contribution in [2.75, 3.05) is 0 Å². The van der Waals surface area contributed by atoms with E-state index in [4.69, 9.17) is 5.73 Å². The van der Waals surface area contributed by atoms with Crippen LogP contribution in [0.4, 0.5) is 0 Å². The molecule has 6 heteroatoms. The third-order valence-electron chi connectivity index (χ3n) is 3.73. The molecule has 0 aliphatic carbocycles. The molecule has 3 rings (SSSR count). The van der Waals surface area contributed by atoms with Gasteiger partial charge in [0.15, 0.2) is 0 Å². The maximum absolute atomic E-state index is 12.5. The minimum absolute atomic E-state index is 0.121.